The molecule has 4 N–H and O–H groups in total. The maximum absolute atomic E-state index is 10.1. The molecule has 5 heteroatoms. The lowest BCUT2D eigenvalue weighted by Gasteiger charge is -2.17. The predicted octanol–water partition coefficient (Wildman–Crippen LogP) is 7.07. The summed E-state index contributed by atoms with van der Waals surface area (Å²) in [5.74, 6) is 0. The molecule has 0 aliphatic heterocycles. The van der Waals surface area contributed by atoms with Crippen LogP contribution in [0.15, 0.2) is 0 Å². The Bertz CT molecular complexity index is 370. The van der Waals surface area contributed by atoms with Crippen LogP contribution in [0.25, 0.3) is 0 Å². The number of hydrogen-bond acceptors (Lipinski definition) is 5. The SMILES string of the molecule is CCCCCCCCCCC(O)CCC(O)COCC(O)CCC(O)CCCCCCCCCC. The minimum absolute atomic E-state index is 0.183. The van der Waals surface area contributed by atoms with E-state index in [-0.39, 0.29) is 25.4 Å². The second kappa shape index (κ2) is 26.9. The first-order valence-electron chi connectivity index (χ1n) is 15.3. The molecule has 0 aromatic rings. The van der Waals surface area contributed by atoms with Crippen LogP contribution in [-0.4, -0.2) is 58.1 Å². The highest BCUT2D eigenvalue weighted by Crippen LogP contribution is 2.15. The molecule has 0 heterocycles. The molecule has 0 rings (SSSR count). The normalized spacial score (nSPS) is 15.3. The van der Waals surface area contributed by atoms with E-state index in [9.17, 15) is 20.4 Å². The van der Waals surface area contributed by atoms with E-state index >= 15 is 0 Å². The van der Waals surface area contributed by atoms with Crippen LogP contribution in [0.1, 0.15) is 155 Å². The Labute approximate surface area is 218 Å². The highest BCUT2D eigenvalue weighted by Gasteiger charge is 2.13. The lowest BCUT2D eigenvalue weighted by atomic mass is 10.0. The lowest BCUT2D eigenvalue weighted by Crippen LogP contribution is -2.23. The van der Waals surface area contributed by atoms with Crippen molar-refractivity contribution in [2.45, 2.75) is 180 Å². The molecule has 4 atom stereocenters. The molecular weight excluding hydrogens is 440 g/mol. The summed E-state index contributed by atoms with van der Waals surface area (Å²) >= 11 is 0. The van der Waals surface area contributed by atoms with Gasteiger partial charge < -0.3 is 25.2 Å². The lowest BCUT2D eigenvalue weighted by molar-refractivity contribution is -0.0193. The topological polar surface area (TPSA) is 90.2 Å². The maximum Gasteiger partial charge on any atom is 0.0774 e. The zero-order chi connectivity index (χ0) is 26.0. The third-order valence-corrected chi connectivity index (χ3v) is 7.07. The van der Waals surface area contributed by atoms with Crippen molar-refractivity contribution in [3.8, 4) is 0 Å². The fraction of sp³-hybridized carbons (Fsp3) is 1.00. The summed E-state index contributed by atoms with van der Waals surface area (Å²) < 4.78 is 5.47. The molecule has 0 aromatic carbocycles. The van der Waals surface area contributed by atoms with E-state index in [0.29, 0.717) is 25.7 Å². The van der Waals surface area contributed by atoms with Gasteiger partial charge in [-0.05, 0) is 38.5 Å². The van der Waals surface area contributed by atoms with Gasteiger partial charge in [-0.3, -0.25) is 0 Å². The van der Waals surface area contributed by atoms with Gasteiger partial charge >= 0.3 is 0 Å². The monoisotopic (exact) mass is 502 g/mol. The van der Waals surface area contributed by atoms with Gasteiger partial charge in [0.1, 0.15) is 0 Å². The Hall–Kier alpha value is -0.200. The number of unbranched alkanes of at least 4 members (excludes halogenated alkanes) is 14. The van der Waals surface area contributed by atoms with Gasteiger partial charge in [-0.25, -0.2) is 0 Å². The molecule has 0 saturated heterocycles. The van der Waals surface area contributed by atoms with Crippen LogP contribution in [-0.2, 0) is 4.74 Å². The zero-order valence-corrected chi connectivity index (χ0v) is 23.5. The van der Waals surface area contributed by atoms with Crippen molar-refractivity contribution in [3.05, 3.63) is 0 Å². The Morgan fingerprint density at radius 1 is 0.371 bits per heavy atom. The van der Waals surface area contributed by atoms with Crippen LogP contribution in [0.3, 0.4) is 0 Å². The van der Waals surface area contributed by atoms with Crippen LogP contribution < -0.4 is 0 Å². The summed E-state index contributed by atoms with van der Waals surface area (Å²) in [4.78, 5) is 0. The van der Waals surface area contributed by atoms with Crippen molar-refractivity contribution in [1.82, 2.24) is 0 Å². The second-order valence-electron chi connectivity index (χ2n) is 10.8. The van der Waals surface area contributed by atoms with Gasteiger partial charge in [0.25, 0.3) is 0 Å². The van der Waals surface area contributed by atoms with E-state index < -0.39 is 12.2 Å². The van der Waals surface area contributed by atoms with Gasteiger partial charge in [0.15, 0.2) is 0 Å². The zero-order valence-electron chi connectivity index (χ0n) is 23.5. The van der Waals surface area contributed by atoms with E-state index in [2.05, 4.69) is 13.8 Å². The predicted molar refractivity (Wildman–Crippen MR) is 148 cm³/mol. The van der Waals surface area contributed by atoms with Crippen molar-refractivity contribution in [2.75, 3.05) is 13.2 Å². The summed E-state index contributed by atoms with van der Waals surface area (Å²) in [6.07, 6.45) is 22.1. The molecule has 0 aliphatic carbocycles. The molecular formula is C30H62O5. The third-order valence-electron chi connectivity index (χ3n) is 7.07. The van der Waals surface area contributed by atoms with Crippen molar-refractivity contribution in [1.29, 1.82) is 0 Å². The third kappa shape index (κ3) is 26.7. The summed E-state index contributed by atoms with van der Waals surface area (Å²) in [6.45, 7) is 4.84. The summed E-state index contributed by atoms with van der Waals surface area (Å²) in [7, 11) is 0. The number of aliphatic hydroxyl groups excluding tert-OH is 4. The highest BCUT2D eigenvalue weighted by atomic mass is 16.5. The molecule has 0 saturated carbocycles. The first kappa shape index (κ1) is 34.8. The van der Waals surface area contributed by atoms with E-state index in [0.717, 1.165) is 25.7 Å². The Kier molecular flexibility index (Phi) is 26.7. The molecule has 0 bridgehead atoms. The van der Waals surface area contributed by atoms with Crippen molar-refractivity contribution < 1.29 is 25.2 Å². The van der Waals surface area contributed by atoms with E-state index in [1.54, 1.807) is 0 Å². The molecule has 0 radical (unpaired) electrons. The fourth-order valence-electron chi connectivity index (χ4n) is 4.59. The van der Waals surface area contributed by atoms with Crippen LogP contribution in [0.2, 0.25) is 0 Å². The molecule has 4 unspecified atom stereocenters. The van der Waals surface area contributed by atoms with Crippen LogP contribution in [0.4, 0.5) is 0 Å². The Balaban J connectivity index is 3.52. The fourth-order valence-corrected chi connectivity index (χ4v) is 4.59. The molecule has 5 nitrogen and oxygen atoms in total. The van der Waals surface area contributed by atoms with Gasteiger partial charge in [0.05, 0.1) is 37.6 Å². The Morgan fingerprint density at radius 2 is 0.657 bits per heavy atom. The molecule has 35 heavy (non-hydrogen) atoms. The number of ether oxygens (including phenoxy) is 1. The van der Waals surface area contributed by atoms with Crippen LogP contribution in [0, 0.1) is 0 Å². The number of aliphatic hydroxyl groups is 4. The van der Waals surface area contributed by atoms with E-state index in [1.165, 1.54) is 89.9 Å². The first-order valence-corrected chi connectivity index (χ1v) is 15.3. The van der Waals surface area contributed by atoms with E-state index in [1.807, 2.05) is 0 Å². The van der Waals surface area contributed by atoms with Crippen molar-refractivity contribution in [2.24, 2.45) is 0 Å². The molecule has 0 aromatic heterocycles. The molecule has 0 amide bonds. The molecule has 0 aliphatic rings. The summed E-state index contributed by atoms with van der Waals surface area (Å²) in [5.41, 5.74) is 0. The van der Waals surface area contributed by atoms with Gasteiger partial charge in [0, 0.05) is 0 Å². The van der Waals surface area contributed by atoms with Crippen LogP contribution >= 0.6 is 0 Å². The van der Waals surface area contributed by atoms with Gasteiger partial charge in [0.2, 0.25) is 0 Å². The van der Waals surface area contributed by atoms with Gasteiger partial charge in [-0.1, -0.05) is 117 Å². The summed E-state index contributed by atoms with van der Waals surface area (Å²) in [6, 6.07) is 0. The number of rotatable bonds is 28. The van der Waals surface area contributed by atoms with Gasteiger partial charge in [-0.15, -0.1) is 0 Å². The molecule has 212 valence electrons. The molecule has 0 fully saturated rings. The van der Waals surface area contributed by atoms with Crippen LogP contribution in [0.5, 0.6) is 0 Å². The number of hydrogen-bond donors (Lipinski definition) is 4. The first-order chi connectivity index (χ1) is 17.0. The van der Waals surface area contributed by atoms with Crippen molar-refractivity contribution >= 4 is 0 Å². The standard InChI is InChI=1S/C30H62O5/c1-3-5-7-9-11-13-15-17-19-27(31)21-23-29(33)25-35-26-30(34)24-22-28(32)20-18-16-14-12-10-8-6-4-2/h27-34H,3-26H2,1-2H3. The largest absolute Gasteiger partial charge is 0.393 e. The summed E-state index contributed by atoms with van der Waals surface area (Å²) in [5, 5.41) is 40.4. The van der Waals surface area contributed by atoms with Gasteiger partial charge in [-0.2, -0.15) is 0 Å². The quantitative estimate of drug-likeness (QED) is 0.0859. The minimum atomic E-state index is -0.608. The maximum atomic E-state index is 10.1. The highest BCUT2D eigenvalue weighted by molar-refractivity contribution is 4.64. The molecule has 0 spiro atoms. The smallest absolute Gasteiger partial charge is 0.0774 e. The van der Waals surface area contributed by atoms with Crippen molar-refractivity contribution in [3.63, 3.8) is 0 Å². The minimum Gasteiger partial charge on any atom is -0.393 e. The second-order valence-corrected chi connectivity index (χ2v) is 10.8. The average Bonchev–Trinajstić information content (AvgIpc) is 2.84. The van der Waals surface area contributed by atoms with E-state index in [4.69, 9.17) is 4.74 Å². The Morgan fingerprint density at radius 3 is 1.00 bits per heavy atom. The average molecular weight is 503 g/mol.